The van der Waals surface area contributed by atoms with Gasteiger partial charge in [0.25, 0.3) is 0 Å². The molecule has 0 saturated carbocycles. The Labute approximate surface area is 104 Å². The molecule has 0 nitrogen and oxygen atoms in total. The maximum absolute atomic E-state index is 2.20. The fourth-order valence-electron chi connectivity index (χ4n) is 1.39. The predicted octanol–water partition coefficient (Wildman–Crippen LogP) is 3.41. The molecule has 0 saturated heterocycles. The second-order valence-corrected chi connectivity index (χ2v) is 2.90. The summed E-state index contributed by atoms with van der Waals surface area (Å²) >= 11 is 0. The van der Waals surface area contributed by atoms with Crippen molar-refractivity contribution in [3.63, 3.8) is 0 Å². The van der Waals surface area contributed by atoms with Gasteiger partial charge in [-0.1, -0.05) is 36.6 Å². The maximum Gasteiger partial charge on any atom is 0 e. The third kappa shape index (κ3) is 2.33. The van der Waals surface area contributed by atoms with Crippen molar-refractivity contribution in [1.82, 2.24) is 0 Å². The van der Waals surface area contributed by atoms with Crippen molar-refractivity contribution in [3.8, 4) is 0 Å². The van der Waals surface area contributed by atoms with E-state index < -0.39 is 0 Å². The quantitative estimate of drug-likeness (QED) is 0.674. The van der Waals surface area contributed by atoms with Gasteiger partial charge in [0.2, 0.25) is 0 Å². The van der Waals surface area contributed by atoms with Gasteiger partial charge in [-0.15, -0.1) is 6.07 Å². The first-order chi connectivity index (χ1) is 5.90. The molecule has 2 aromatic rings. The van der Waals surface area contributed by atoms with Crippen LogP contribution in [0, 0.1) is 6.42 Å². The van der Waals surface area contributed by atoms with Gasteiger partial charge in [0, 0.05) is 32.7 Å². The fraction of sp³-hybridized carbons (Fsp3) is 0.0833. The van der Waals surface area contributed by atoms with E-state index in [1.165, 1.54) is 16.3 Å². The summed E-state index contributed by atoms with van der Waals surface area (Å²) in [6.45, 7) is 2.06. The average molecular weight is 244 g/mol. The van der Waals surface area contributed by atoms with Crippen molar-refractivity contribution in [2.45, 2.75) is 6.92 Å². The minimum Gasteiger partial charge on any atom is -0.192 e. The van der Waals surface area contributed by atoms with Gasteiger partial charge in [0.1, 0.15) is 0 Å². The van der Waals surface area contributed by atoms with Gasteiger partial charge >= 0.3 is 0 Å². The average Bonchev–Trinajstić information content (AvgIpc) is 2.17. The first kappa shape index (κ1) is 10.8. The Bertz CT molecular complexity index is 393. The molecule has 2 aromatic carbocycles. The monoisotopic (exact) mass is 244 g/mol. The number of benzene rings is 2. The van der Waals surface area contributed by atoms with E-state index in [1.807, 2.05) is 0 Å². The maximum atomic E-state index is 2.20. The molecule has 63 valence electrons. The van der Waals surface area contributed by atoms with E-state index in [-0.39, 0.29) is 32.7 Å². The molecule has 0 aromatic heterocycles. The summed E-state index contributed by atoms with van der Waals surface area (Å²) in [5, 5.41) is 2.62. The standard InChI is InChI=1S/C12H11.Y/c1-2-10-7-8-11-5-3-4-6-12(11)9-10;/h2-9H,1H3;/q-1;. The SMILES string of the molecule is C[CH-]c1ccc2ccccc2c1.[Y]. The molecular weight excluding hydrogens is 233 g/mol. The molecule has 0 aliphatic rings. The smallest absolute Gasteiger partial charge is 0 e. The molecule has 0 bridgehead atoms. The van der Waals surface area contributed by atoms with Crippen molar-refractivity contribution in [1.29, 1.82) is 0 Å². The Hall–Kier alpha value is -0.326. The molecule has 0 atom stereocenters. The largest absolute Gasteiger partial charge is 0.192 e. The zero-order chi connectivity index (χ0) is 8.39. The summed E-state index contributed by atoms with van der Waals surface area (Å²) in [7, 11) is 0. The molecule has 0 aliphatic heterocycles. The molecular formula is C12H11Y-. The number of fused-ring (bicyclic) bond motifs is 1. The number of hydrogen-bond donors (Lipinski definition) is 0. The van der Waals surface area contributed by atoms with Crippen molar-refractivity contribution in [2.24, 2.45) is 0 Å². The van der Waals surface area contributed by atoms with Gasteiger partial charge in [0.15, 0.2) is 0 Å². The van der Waals surface area contributed by atoms with E-state index in [0.29, 0.717) is 0 Å². The molecule has 0 aliphatic carbocycles. The van der Waals surface area contributed by atoms with Gasteiger partial charge in [-0.25, -0.2) is 0 Å². The van der Waals surface area contributed by atoms with Crippen LogP contribution in [-0.2, 0) is 32.7 Å². The third-order valence-electron chi connectivity index (χ3n) is 2.11. The molecule has 1 radical (unpaired) electrons. The van der Waals surface area contributed by atoms with Crippen LogP contribution in [0.1, 0.15) is 12.5 Å². The minimum atomic E-state index is 0. The van der Waals surface area contributed by atoms with Crippen LogP contribution in [0.15, 0.2) is 42.5 Å². The van der Waals surface area contributed by atoms with Gasteiger partial charge in [-0.05, 0) is 5.39 Å². The van der Waals surface area contributed by atoms with Crippen molar-refractivity contribution in [3.05, 3.63) is 54.4 Å². The first-order valence-corrected chi connectivity index (χ1v) is 4.18. The van der Waals surface area contributed by atoms with Gasteiger partial charge in [-0.2, -0.15) is 24.1 Å². The van der Waals surface area contributed by atoms with Gasteiger partial charge in [-0.3, -0.25) is 0 Å². The molecule has 0 unspecified atom stereocenters. The van der Waals surface area contributed by atoms with Crippen LogP contribution in [0.3, 0.4) is 0 Å². The zero-order valence-corrected chi connectivity index (χ0v) is 10.5. The topological polar surface area (TPSA) is 0 Å². The molecule has 0 spiro atoms. The van der Waals surface area contributed by atoms with E-state index in [0.717, 1.165) is 0 Å². The Morgan fingerprint density at radius 1 is 0.923 bits per heavy atom. The van der Waals surface area contributed by atoms with Crippen LogP contribution < -0.4 is 0 Å². The van der Waals surface area contributed by atoms with Crippen LogP contribution >= 0.6 is 0 Å². The predicted molar refractivity (Wildman–Crippen MR) is 53.0 cm³/mol. The second kappa shape index (κ2) is 4.78. The first-order valence-electron chi connectivity index (χ1n) is 4.18. The normalized spacial score (nSPS) is 9.31. The molecule has 0 amide bonds. The molecule has 1 heteroatoms. The minimum absolute atomic E-state index is 0. The third-order valence-corrected chi connectivity index (χ3v) is 2.11. The van der Waals surface area contributed by atoms with Crippen LogP contribution in [0.4, 0.5) is 0 Å². The number of rotatable bonds is 1. The van der Waals surface area contributed by atoms with Crippen LogP contribution in [0.2, 0.25) is 0 Å². The van der Waals surface area contributed by atoms with Crippen molar-refractivity contribution < 1.29 is 32.7 Å². The molecule has 0 N–H and O–H groups in total. The van der Waals surface area contributed by atoms with Crippen LogP contribution in [-0.4, -0.2) is 0 Å². The summed E-state index contributed by atoms with van der Waals surface area (Å²) in [6.07, 6.45) is 2.12. The molecule has 0 fully saturated rings. The van der Waals surface area contributed by atoms with E-state index in [4.69, 9.17) is 0 Å². The Morgan fingerprint density at radius 2 is 1.62 bits per heavy atom. The van der Waals surface area contributed by atoms with E-state index in [9.17, 15) is 0 Å². The summed E-state index contributed by atoms with van der Waals surface area (Å²) in [5.74, 6) is 0. The van der Waals surface area contributed by atoms with Crippen LogP contribution in [0.5, 0.6) is 0 Å². The Balaban J connectivity index is 0.000000845. The molecule has 0 heterocycles. The fourth-order valence-corrected chi connectivity index (χ4v) is 1.39. The number of hydrogen-bond acceptors (Lipinski definition) is 0. The van der Waals surface area contributed by atoms with Crippen molar-refractivity contribution in [2.75, 3.05) is 0 Å². The van der Waals surface area contributed by atoms with E-state index >= 15 is 0 Å². The van der Waals surface area contributed by atoms with Crippen molar-refractivity contribution >= 4 is 10.8 Å². The summed E-state index contributed by atoms with van der Waals surface area (Å²) in [6, 6.07) is 14.9. The van der Waals surface area contributed by atoms with Crippen LogP contribution in [0.25, 0.3) is 10.8 Å². The molecule has 13 heavy (non-hydrogen) atoms. The van der Waals surface area contributed by atoms with Gasteiger partial charge in [0.05, 0.1) is 0 Å². The second-order valence-electron chi connectivity index (χ2n) is 2.90. The summed E-state index contributed by atoms with van der Waals surface area (Å²) in [5.41, 5.74) is 1.29. The Morgan fingerprint density at radius 3 is 2.31 bits per heavy atom. The zero-order valence-electron chi connectivity index (χ0n) is 7.70. The Kier molecular flexibility index (Phi) is 3.96. The van der Waals surface area contributed by atoms with E-state index in [2.05, 4.69) is 55.8 Å². The summed E-state index contributed by atoms with van der Waals surface area (Å²) in [4.78, 5) is 0. The van der Waals surface area contributed by atoms with E-state index in [1.54, 1.807) is 0 Å². The summed E-state index contributed by atoms with van der Waals surface area (Å²) < 4.78 is 0. The molecule has 2 rings (SSSR count). The van der Waals surface area contributed by atoms with Gasteiger partial charge < -0.3 is 0 Å².